The van der Waals surface area contributed by atoms with Gasteiger partial charge in [-0.05, 0) is 13.8 Å². The van der Waals surface area contributed by atoms with Crippen LogP contribution in [0.3, 0.4) is 0 Å². The number of aliphatic carboxylic acids is 1. The van der Waals surface area contributed by atoms with Gasteiger partial charge in [0.15, 0.2) is 6.04 Å². The van der Waals surface area contributed by atoms with Crippen LogP contribution in [0.2, 0.25) is 0 Å². The maximum Gasteiger partial charge on any atom is 0.328 e. The van der Waals surface area contributed by atoms with Gasteiger partial charge in [0, 0.05) is 11.1 Å². The number of urea groups is 1. The van der Waals surface area contributed by atoms with Crippen molar-refractivity contribution in [3.63, 3.8) is 0 Å². The monoisotopic (exact) mass is 273 g/mol. The molecule has 2 atom stereocenters. The number of hydrogen-bond donors (Lipinski definition) is 4. The SMILES string of the molecule is Cc1cnc(CNC(=O)NC(C(=O)O)C(C)O)s1. The smallest absolute Gasteiger partial charge is 0.328 e. The highest BCUT2D eigenvalue weighted by Crippen LogP contribution is 2.10. The molecule has 8 heteroatoms. The number of thiazole rings is 1. The third-order valence-electron chi connectivity index (χ3n) is 2.10. The average Bonchev–Trinajstić information content (AvgIpc) is 2.68. The van der Waals surface area contributed by atoms with Crippen LogP contribution in [0.15, 0.2) is 6.20 Å². The first-order valence-corrected chi connectivity index (χ1v) is 6.08. The zero-order valence-electron chi connectivity index (χ0n) is 10.0. The molecule has 2 unspecified atom stereocenters. The van der Waals surface area contributed by atoms with Gasteiger partial charge in [-0.2, -0.15) is 0 Å². The van der Waals surface area contributed by atoms with Crippen LogP contribution in [0, 0.1) is 6.92 Å². The minimum atomic E-state index is -1.33. The van der Waals surface area contributed by atoms with Gasteiger partial charge < -0.3 is 20.8 Å². The molecule has 1 heterocycles. The van der Waals surface area contributed by atoms with E-state index in [2.05, 4.69) is 15.6 Å². The van der Waals surface area contributed by atoms with Gasteiger partial charge in [-0.15, -0.1) is 11.3 Å². The van der Waals surface area contributed by atoms with E-state index in [4.69, 9.17) is 5.11 Å². The molecule has 0 fully saturated rings. The van der Waals surface area contributed by atoms with Gasteiger partial charge in [0.1, 0.15) is 5.01 Å². The summed E-state index contributed by atoms with van der Waals surface area (Å²) in [6, 6.07) is -1.99. The minimum Gasteiger partial charge on any atom is -0.480 e. The standard InChI is InChI=1S/C10H15N3O4S/c1-5-3-11-7(18-5)4-12-10(17)13-8(6(2)14)9(15)16/h3,6,8,14H,4H2,1-2H3,(H,15,16)(H2,12,13,17). The molecule has 0 saturated heterocycles. The third kappa shape index (κ3) is 4.30. The van der Waals surface area contributed by atoms with E-state index in [9.17, 15) is 14.7 Å². The van der Waals surface area contributed by atoms with Gasteiger partial charge in [-0.25, -0.2) is 14.6 Å². The number of amides is 2. The summed E-state index contributed by atoms with van der Waals surface area (Å²) in [6.07, 6.45) is 0.519. The van der Waals surface area contributed by atoms with Gasteiger partial charge in [-0.1, -0.05) is 0 Å². The van der Waals surface area contributed by atoms with E-state index < -0.39 is 24.1 Å². The number of aromatic nitrogens is 1. The van der Waals surface area contributed by atoms with Crippen molar-refractivity contribution in [2.45, 2.75) is 32.5 Å². The summed E-state index contributed by atoms with van der Waals surface area (Å²) in [5, 5.41) is 23.3. The van der Waals surface area contributed by atoms with Gasteiger partial charge in [0.2, 0.25) is 0 Å². The Morgan fingerprint density at radius 1 is 1.56 bits per heavy atom. The first-order valence-electron chi connectivity index (χ1n) is 5.26. The number of aliphatic hydroxyl groups excluding tert-OH is 1. The lowest BCUT2D eigenvalue weighted by atomic mass is 10.2. The Bertz CT molecular complexity index is 433. The molecular weight excluding hydrogens is 258 g/mol. The second-order valence-electron chi connectivity index (χ2n) is 3.75. The number of rotatable bonds is 5. The topological polar surface area (TPSA) is 112 Å². The van der Waals surface area contributed by atoms with Crippen molar-refractivity contribution < 1.29 is 19.8 Å². The molecule has 0 aliphatic heterocycles. The van der Waals surface area contributed by atoms with Crippen LogP contribution in [-0.4, -0.2) is 39.3 Å². The number of carboxylic acid groups (broad SMARTS) is 1. The summed E-state index contributed by atoms with van der Waals surface area (Å²) in [4.78, 5) is 27.2. The summed E-state index contributed by atoms with van der Waals surface area (Å²) in [5.41, 5.74) is 0. The zero-order valence-corrected chi connectivity index (χ0v) is 10.8. The number of aliphatic hydroxyl groups is 1. The lowest BCUT2D eigenvalue weighted by molar-refractivity contribution is -0.141. The molecule has 100 valence electrons. The van der Waals surface area contributed by atoms with Crippen molar-refractivity contribution in [1.29, 1.82) is 0 Å². The summed E-state index contributed by atoms with van der Waals surface area (Å²) in [7, 11) is 0. The summed E-state index contributed by atoms with van der Waals surface area (Å²) in [5.74, 6) is -1.29. The Morgan fingerprint density at radius 2 is 2.22 bits per heavy atom. The molecule has 4 N–H and O–H groups in total. The molecule has 0 aliphatic rings. The first-order chi connectivity index (χ1) is 8.40. The molecule has 0 saturated carbocycles. The van der Waals surface area contributed by atoms with Crippen molar-refractivity contribution in [1.82, 2.24) is 15.6 Å². The predicted molar refractivity (Wildman–Crippen MR) is 65.3 cm³/mol. The minimum absolute atomic E-state index is 0.219. The van der Waals surface area contributed by atoms with Crippen LogP contribution < -0.4 is 10.6 Å². The van der Waals surface area contributed by atoms with Crippen molar-refractivity contribution in [2.24, 2.45) is 0 Å². The van der Waals surface area contributed by atoms with Gasteiger partial charge >= 0.3 is 12.0 Å². The zero-order chi connectivity index (χ0) is 13.7. The van der Waals surface area contributed by atoms with E-state index in [0.29, 0.717) is 0 Å². The molecule has 7 nitrogen and oxygen atoms in total. The Hall–Kier alpha value is -1.67. The van der Waals surface area contributed by atoms with Crippen LogP contribution in [-0.2, 0) is 11.3 Å². The van der Waals surface area contributed by atoms with Crippen LogP contribution in [0.1, 0.15) is 16.8 Å². The molecule has 1 aromatic heterocycles. The number of carbonyl (C=O) groups excluding carboxylic acids is 1. The molecule has 0 spiro atoms. The second kappa shape index (κ2) is 6.31. The molecule has 0 radical (unpaired) electrons. The fraction of sp³-hybridized carbons (Fsp3) is 0.500. The number of aryl methyl sites for hydroxylation is 1. The van der Waals surface area contributed by atoms with E-state index in [1.54, 1.807) is 6.20 Å². The normalized spacial score (nSPS) is 13.7. The predicted octanol–water partition coefficient (Wildman–Crippen LogP) is 0.0847. The summed E-state index contributed by atoms with van der Waals surface area (Å²) < 4.78 is 0. The first kappa shape index (κ1) is 14.4. The molecular formula is C10H15N3O4S. The largest absolute Gasteiger partial charge is 0.480 e. The van der Waals surface area contributed by atoms with E-state index >= 15 is 0 Å². The van der Waals surface area contributed by atoms with E-state index in [1.165, 1.54) is 18.3 Å². The molecule has 2 amide bonds. The second-order valence-corrected chi connectivity index (χ2v) is 5.07. The number of hydrogen-bond acceptors (Lipinski definition) is 5. The number of nitrogens with one attached hydrogen (secondary N) is 2. The Labute approximate surface area is 108 Å². The molecule has 18 heavy (non-hydrogen) atoms. The van der Waals surface area contributed by atoms with E-state index in [1.807, 2.05) is 6.92 Å². The van der Waals surface area contributed by atoms with E-state index in [-0.39, 0.29) is 6.54 Å². The van der Waals surface area contributed by atoms with Crippen molar-refractivity contribution in [2.75, 3.05) is 0 Å². The molecule has 0 aliphatic carbocycles. The third-order valence-corrected chi connectivity index (χ3v) is 3.02. The van der Waals surface area contributed by atoms with Crippen LogP contribution >= 0.6 is 11.3 Å². The fourth-order valence-electron chi connectivity index (χ4n) is 1.22. The Kier molecular flexibility index (Phi) is 5.05. The van der Waals surface area contributed by atoms with Crippen LogP contribution in [0.4, 0.5) is 4.79 Å². The van der Waals surface area contributed by atoms with Crippen LogP contribution in [0.5, 0.6) is 0 Å². The van der Waals surface area contributed by atoms with Crippen LogP contribution in [0.25, 0.3) is 0 Å². The Balaban J connectivity index is 2.43. The van der Waals surface area contributed by atoms with Crippen molar-refractivity contribution in [3.8, 4) is 0 Å². The van der Waals surface area contributed by atoms with Crippen molar-refractivity contribution in [3.05, 3.63) is 16.1 Å². The summed E-state index contributed by atoms with van der Waals surface area (Å²) >= 11 is 1.44. The number of nitrogens with zero attached hydrogens (tertiary/aromatic N) is 1. The average molecular weight is 273 g/mol. The lowest BCUT2D eigenvalue weighted by Gasteiger charge is -2.17. The highest BCUT2D eigenvalue weighted by atomic mass is 32.1. The number of carboxylic acids is 1. The highest BCUT2D eigenvalue weighted by molar-refractivity contribution is 7.11. The molecule has 0 bridgehead atoms. The highest BCUT2D eigenvalue weighted by Gasteiger charge is 2.24. The quantitative estimate of drug-likeness (QED) is 0.607. The van der Waals surface area contributed by atoms with Gasteiger partial charge in [0.25, 0.3) is 0 Å². The molecule has 1 rings (SSSR count). The number of carbonyl (C=O) groups is 2. The molecule has 0 aromatic carbocycles. The summed E-state index contributed by atoms with van der Waals surface area (Å²) in [6.45, 7) is 3.41. The molecule has 1 aromatic rings. The van der Waals surface area contributed by atoms with Gasteiger partial charge in [0.05, 0.1) is 12.6 Å². The maximum absolute atomic E-state index is 11.4. The van der Waals surface area contributed by atoms with E-state index in [0.717, 1.165) is 9.88 Å². The fourth-order valence-corrected chi connectivity index (χ4v) is 1.95. The van der Waals surface area contributed by atoms with Gasteiger partial charge in [-0.3, -0.25) is 0 Å². The van der Waals surface area contributed by atoms with Crippen molar-refractivity contribution >= 4 is 23.3 Å². The maximum atomic E-state index is 11.4. The lowest BCUT2D eigenvalue weighted by Crippen LogP contribution is -2.50. The Morgan fingerprint density at radius 3 is 2.67 bits per heavy atom.